The topological polar surface area (TPSA) is 55.9 Å². The molecular formula is C29H30N4O2. The van der Waals surface area contributed by atoms with E-state index in [-0.39, 0.29) is 11.8 Å². The van der Waals surface area contributed by atoms with E-state index in [0.717, 1.165) is 54.2 Å². The number of benzene rings is 3. The lowest BCUT2D eigenvalue weighted by molar-refractivity contribution is -0.120. The fraction of sp³-hybridized carbons (Fsp3) is 0.241. The summed E-state index contributed by atoms with van der Waals surface area (Å²) in [6, 6.07) is 23.3. The number of piperazine rings is 1. The van der Waals surface area contributed by atoms with E-state index in [2.05, 4.69) is 34.3 Å². The molecule has 2 aliphatic heterocycles. The van der Waals surface area contributed by atoms with Gasteiger partial charge in [-0.25, -0.2) is 4.90 Å². The van der Waals surface area contributed by atoms with Gasteiger partial charge in [0.25, 0.3) is 11.8 Å². The van der Waals surface area contributed by atoms with Gasteiger partial charge in [0, 0.05) is 37.6 Å². The summed E-state index contributed by atoms with van der Waals surface area (Å²) in [5, 5.41) is 3.28. The second-order valence-electron chi connectivity index (χ2n) is 9.31. The van der Waals surface area contributed by atoms with Gasteiger partial charge in [-0.2, -0.15) is 0 Å². The van der Waals surface area contributed by atoms with Crippen molar-refractivity contribution < 1.29 is 9.59 Å². The Bertz CT molecular complexity index is 1290. The Morgan fingerprint density at radius 3 is 2.06 bits per heavy atom. The Labute approximate surface area is 206 Å². The first-order valence-corrected chi connectivity index (χ1v) is 12.0. The van der Waals surface area contributed by atoms with Gasteiger partial charge in [-0.1, -0.05) is 48.0 Å². The Balaban J connectivity index is 1.48. The van der Waals surface area contributed by atoms with Gasteiger partial charge in [-0.3, -0.25) is 9.59 Å². The molecular weight excluding hydrogens is 436 g/mol. The van der Waals surface area contributed by atoms with Crippen molar-refractivity contribution >= 4 is 34.4 Å². The minimum absolute atomic E-state index is 0.300. The molecule has 6 heteroatoms. The number of hydrogen-bond donors (Lipinski definition) is 1. The Hall–Kier alpha value is -3.90. The average molecular weight is 467 g/mol. The highest BCUT2D eigenvalue weighted by Crippen LogP contribution is 2.35. The lowest BCUT2D eigenvalue weighted by atomic mass is 10.0. The quantitative estimate of drug-likeness (QED) is 0.563. The molecule has 0 atom stereocenters. The highest BCUT2D eigenvalue weighted by molar-refractivity contribution is 6.46. The molecule has 0 aromatic heterocycles. The van der Waals surface area contributed by atoms with Crippen LogP contribution in [0.1, 0.15) is 16.7 Å². The zero-order chi connectivity index (χ0) is 24.5. The van der Waals surface area contributed by atoms with Crippen molar-refractivity contribution in [2.24, 2.45) is 0 Å². The van der Waals surface area contributed by atoms with Crippen LogP contribution in [0.2, 0.25) is 0 Å². The number of carbonyl (C=O) groups is 2. The van der Waals surface area contributed by atoms with E-state index in [1.807, 2.05) is 74.5 Å². The maximum atomic E-state index is 13.6. The van der Waals surface area contributed by atoms with Gasteiger partial charge in [0.1, 0.15) is 5.70 Å². The molecule has 6 nitrogen and oxygen atoms in total. The van der Waals surface area contributed by atoms with Gasteiger partial charge in [-0.05, 0) is 62.4 Å². The van der Waals surface area contributed by atoms with Crippen molar-refractivity contribution in [1.29, 1.82) is 0 Å². The van der Waals surface area contributed by atoms with Crippen LogP contribution < -0.4 is 15.1 Å². The van der Waals surface area contributed by atoms with Gasteiger partial charge < -0.3 is 15.1 Å². The summed E-state index contributed by atoms with van der Waals surface area (Å²) in [5.74, 6) is -0.660. The van der Waals surface area contributed by atoms with E-state index in [9.17, 15) is 9.59 Å². The van der Waals surface area contributed by atoms with E-state index in [1.54, 1.807) is 0 Å². The first-order chi connectivity index (χ1) is 16.9. The summed E-state index contributed by atoms with van der Waals surface area (Å²) in [7, 11) is 2.14. The summed E-state index contributed by atoms with van der Waals surface area (Å²) in [4.78, 5) is 33.3. The number of para-hydroxylation sites is 1. The molecule has 0 radical (unpaired) electrons. The Kier molecular flexibility index (Phi) is 6.14. The van der Waals surface area contributed by atoms with Crippen molar-refractivity contribution in [2.45, 2.75) is 13.8 Å². The third kappa shape index (κ3) is 4.45. The summed E-state index contributed by atoms with van der Waals surface area (Å²) >= 11 is 0. The zero-order valence-electron chi connectivity index (χ0n) is 20.4. The maximum absolute atomic E-state index is 13.6. The summed E-state index contributed by atoms with van der Waals surface area (Å²) in [6.07, 6.45) is 0. The molecule has 0 bridgehead atoms. The molecule has 2 aliphatic rings. The van der Waals surface area contributed by atoms with Crippen molar-refractivity contribution in [3.8, 4) is 0 Å². The summed E-state index contributed by atoms with van der Waals surface area (Å²) in [6.45, 7) is 7.97. The van der Waals surface area contributed by atoms with Gasteiger partial charge in [0.15, 0.2) is 0 Å². The fourth-order valence-electron chi connectivity index (χ4n) is 4.63. The van der Waals surface area contributed by atoms with Crippen LogP contribution in [0.15, 0.2) is 78.5 Å². The number of aryl methyl sites for hydroxylation is 2. The number of hydrogen-bond acceptors (Lipinski definition) is 5. The lowest BCUT2D eigenvalue weighted by Crippen LogP contribution is -2.44. The van der Waals surface area contributed by atoms with Crippen LogP contribution in [-0.4, -0.2) is 49.9 Å². The normalized spacial score (nSPS) is 16.9. The predicted octanol–water partition coefficient (Wildman–Crippen LogP) is 4.45. The van der Waals surface area contributed by atoms with Crippen molar-refractivity contribution in [2.75, 3.05) is 48.3 Å². The second kappa shape index (κ2) is 9.39. The molecule has 0 spiro atoms. The third-order valence-electron chi connectivity index (χ3n) is 6.79. The van der Waals surface area contributed by atoms with E-state index in [1.165, 1.54) is 4.90 Å². The number of nitrogens with one attached hydrogen (secondary N) is 1. The Morgan fingerprint density at radius 2 is 1.40 bits per heavy atom. The number of anilines is 3. The highest BCUT2D eigenvalue weighted by Gasteiger charge is 2.40. The van der Waals surface area contributed by atoms with E-state index in [4.69, 9.17) is 0 Å². The molecule has 0 saturated carbocycles. The summed E-state index contributed by atoms with van der Waals surface area (Å²) in [5.41, 5.74) is 5.92. The first kappa shape index (κ1) is 22.9. The standard InChI is InChI=1S/C29H30N4O2/c1-20-8-10-22(11-9-20)26-27(29(35)33(28(26)34)25-7-5-4-6-21(25)2)30-23-12-14-24(15-13-23)32-18-16-31(3)17-19-32/h4-15,30H,16-19H2,1-3H3. The second-order valence-corrected chi connectivity index (χ2v) is 9.31. The van der Waals surface area contributed by atoms with Crippen molar-refractivity contribution in [1.82, 2.24) is 4.90 Å². The predicted molar refractivity (Wildman–Crippen MR) is 142 cm³/mol. The van der Waals surface area contributed by atoms with Crippen LogP contribution in [0.4, 0.5) is 17.1 Å². The molecule has 3 aromatic carbocycles. The Morgan fingerprint density at radius 1 is 0.743 bits per heavy atom. The molecule has 0 unspecified atom stereocenters. The molecule has 2 amide bonds. The van der Waals surface area contributed by atoms with Crippen LogP contribution in [0.3, 0.4) is 0 Å². The molecule has 178 valence electrons. The number of carbonyl (C=O) groups excluding carboxylic acids is 2. The van der Waals surface area contributed by atoms with Gasteiger partial charge in [0.2, 0.25) is 0 Å². The molecule has 1 fully saturated rings. The van der Waals surface area contributed by atoms with Crippen LogP contribution in [0.5, 0.6) is 0 Å². The first-order valence-electron chi connectivity index (χ1n) is 12.0. The molecule has 35 heavy (non-hydrogen) atoms. The zero-order valence-corrected chi connectivity index (χ0v) is 20.4. The largest absolute Gasteiger partial charge is 0.369 e. The molecule has 0 aliphatic carbocycles. The minimum atomic E-state index is -0.344. The molecule has 5 rings (SSSR count). The van der Waals surface area contributed by atoms with E-state index < -0.39 is 0 Å². The van der Waals surface area contributed by atoms with E-state index in [0.29, 0.717) is 17.0 Å². The molecule has 1 saturated heterocycles. The SMILES string of the molecule is Cc1ccc(C2=C(Nc3ccc(N4CCN(C)CC4)cc3)C(=O)N(c3ccccc3C)C2=O)cc1. The third-order valence-corrected chi connectivity index (χ3v) is 6.79. The van der Waals surface area contributed by atoms with Crippen LogP contribution in [0.25, 0.3) is 5.57 Å². The number of nitrogens with zero attached hydrogens (tertiary/aromatic N) is 3. The van der Waals surface area contributed by atoms with Gasteiger partial charge in [0.05, 0.1) is 11.3 Å². The number of amides is 2. The smallest absolute Gasteiger partial charge is 0.282 e. The maximum Gasteiger partial charge on any atom is 0.282 e. The lowest BCUT2D eigenvalue weighted by Gasteiger charge is -2.34. The number of imide groups is 1. The number of rotatable bonds is 5. The minimum Gasteiger partial charge on any atom is -0.369 e. The van der Waals surface area contributed by atoms with Gasteiger partial charge >= 0.3 is 0 Å². The highest BCUT2D eigenvalue weighted by atomic mass is 16.2. The van der Waals surface area contributed by atoms with Crippen LogP contribution in [0, 0.1) is 13.8 Å². The summed E-state index contributed by atoms with van der Waals surface area (Å²) < 4.78 is 0. The fourth-order valence-corrected chi connectivity index (χ4v) is 4.63. The molecule has 2 heterocycles. The molecule has 1 N–H and O–H groups in total. The number of likely N-dealkylation sites (N-methyl/N-ethyl adjacent to an activating group) is 1. The van der Waals surface area contributed by atoms with Gasteiger partial charge in [-0.15, -0.1) is 0 Å². The van der Waals surface area contributed by atoms with Crippen molar-refractivity contribution in [3.63, 3.8) is 0 Å². The van der Waals surface area contributed by atoms with Crippen LogP contribution in [-0.2, 0) is 9.59 Å². The molecule has 3 aromatic rings. The van der Waals surface area contributed by atoms with Crippen molar-refractivity contribution in [3.05, 3.63) is 95.2 Å². The van der Waals surface area contributed by atoms with Crippen LogP contribution >= 0.6 is 0 Å². The van der Waals surface area contributed by atoms with E-state index >= 15 is 0 Å². The monoisotopic (exact) mass is 466 g/mol. The average Bonchev–Trinajstić information content (AvgIpc) is 3.10.